The van der Waals surface area contributed by atoms with Crippen LogP contribution in [0.1, 0.15) is 38.2 Å². The van der Waals surface area contributed by atoms with E-state index in [-0.39, 0.29) is 5.54 Å². The van der Waals surface area contributed by atoms with E-state index in [1.807, 2.05) is 0 Å². The third kappa shape index (κ3) is 3.20. The summed E-state index contributed by atoms with van der Waals surface area (Å²) in [5, 5.41) is 0. The number of ether oxygens (including phenoxy) is 1. The average Bonchev–Trinajstić information content (AvgIpc) is 2.57. The summed E-state index contributed by atoms with van der Waals surface area (Å²) in [4.78, 5) is 4.84. The fourth-order valence-corrected chi connectivity index (χ4v) is 4.06. The Labute approximate surface area is 140 Å². The lowest BCUT2D eigenvalue weighted by Gasteiger charge is -2.44. The molecule has 2 heterocycles. The Morgan fingerprint density at radius 1 is 1.17 bits per heavy atom. The first-order chi connectivity index (χ1) is 11.0. The van der Waals surface area contributed by atoms with Gasteiger partial charge in [0.2, 0.25) is 0 Å². The molecule has 23 heavy (non-hydrogen) atoms. The van der Waals surface area contributed by atoms with Gasteiger partial charge in [0.05, 0.1) is 11.4 Å². The Hall–Kier alpha value is -1.26. The molecule has 1 aromatic carbocycles. The molecule has 2 aliphatic heterocycles. The van der Waals surface area contributed by atoms with Crippen molar-refractivity contribution in [3.05, 3.63) is 23.8 Å². The fraction of sp³-hybridized carbons (Fsp3) is 0.684. The zero-order valence-corrected chi connectivity index (χ0v) is 14.8. The van der Waals surface area contributed by atoms with Gasteiger partial charge < -0.3 is 15.4 Å². The molecule has 0 saturated carbocycles. The van der Waals surface area contributed by atoms with Gasteiger partial charge in [-0.2, -0.15) is 0 Å². The van der Waals surface area contributed by atoms with Crippen molar-refractivity contribution < 1.29 is 4.74 Å². The van der Waals surface area contributed by atoms with Gasteiger partial charge >= 0.3 is 0 Å². The second-order valence-electron chi connectivity index (χ2n) is 7.48. The number of benzene rings is 1. The Morgan fingerprint density at radius 2 is 1.83 bits per heavy atom. The van der Waals surface area contributed by atoms with E-state index in [1.165, 1.54) is 24.1 Å². The Bertz CT molecular complexity index is 529. The Balaban J connectivity index is 1.92. The van der Waals surface area contributed by atoms with E-state index >= 15 is 0 Å². The standard InChI is InChI=1S/C19H31N3O/c1-15-6-10-22(11-7-15)18-14-16(4-5-17(18)20)19(21(2)3)8-12-23-13-9-19/h4-5,14-15H,6-13,20H2,1-3H3. The maximum Gasteiger partial charge on any atom is 0.0603 e. The van der Waals surface area contributed by atoms with Crippen LogP contribution in [0.4, 0.5) is 11.4 Å². The van der Waals surface area contributed by atoms with Gasteiger partial charge in [-0.1, -0.05) is 13.0 Å². The molecule has 0 amide bonds. The number of rotatable bonds is 3. The minimum atomic E-state index is 0.0732. The van der Waals surface area contributed by atoms with Crippen molar-refractivity contribution in [1.29, 1.82) is 0 Å². The van der Waals surface area contributed by atoms with E-state index in [4.69, 9.17) is 10.5 Å². The molecule has 2 saturated heterocycles. The zero-order chi connectivity index (χ0) is 16.4. The second-order valence-corrected chi connectivity index (χ2v) is 7.48. The Morgan fingerprint density at radius 3 is 2.43 bits per heavy atom. The lowest BCUT2D eigenvalue weighted by Crippen LogP contribution is -2.46. The van der Waals surface area contributed by atoms with Crippen LogP contribution < -0.4 is 10.6 Å². The molecule has 3 rings (SSSR count). The van der Waals surface area contributed by atoms with Crippen molar-refractivity contribution in [2.45, 2.75) is 38.1 Å². The highest BCUT2D eigenvalue weighted by molar-refractivity contribution is 5.69. The lowest BCUT2D eigenvalue weighted by atomic mass is 9.81. The predicted molar refractivity (Wildman–Crippen MR) is 96.9 cm³/mol. The first-order valence-corrected chi connectivity index (χ1v) is 8.93. The van der Waals surface area contributed by atoms with Gasteiger partial charge in [0.1, 0.15) is 0 Å². The monoisotopic (exact) mass is 317 g/mol. The number of piperidine rings is 1. The van der Waals surface area contributed by atoms with E-state index in [0.717, 1.165) is 50.8 Å². The van der Waals surface area contributed by atoms with Gasteiger partial charge in [0.25, 0.3) is 0 Å². The average molecular weight is 317 g/mol. The van der Waals surface area contributed by atoms with Crippen molar-refractivity contribution >= 4 is 11.4 Å². The van der Waals surface area contributed by atoms with Crippen LogP contribution >= 0.6 is 0 Å². The lowest BCUT2D eigenvalue weighted by molar-refractivity contribution is -0.0105. The summed E-state index contributed by atoms with van der Waals surface area (Å²) in [6.07, 6.45) is 4.60. The molecule has 128 valence electrons. The van der Waals surface area contributed by atoms with E-state index < -0.39 is 0 Å². The smallest absolute Gasteiger partial charge is 0.0603 e. The van der Waals surface area contributed by atoms with Crippen LogP contribution in [0.5, 0.6) is 0 Å². The van der Waals surface area contributed by atoms with Crippen LogP contribution in [0.3, 0.4) is 0 Å². The van der Waals surface area contributed by atoms with Crippen molar-refractivity contribution in [3.63, 3.8) is 0 Å². The van der Waals surface area contributed by atoms with Crippen LogP contribution in [-0.2, 0) is 10.3 Å². The largest absolute Gasteiger partial charge is 0.397 e. The van der Waals surface area contributed by atoms with Crippen LogP contribution in [-0.4, -0.2) is 45.3 Å². The highest BCUT2D eigenvalue weighted by Gasteiger charge is 2.37. The highest BCUT2D eigenvalue weighted by Crippen LogP contribution is 2.40. The van der Waals surface area contributed by atoms with E-state index in [2.05, 4.69) is 49.0 Å². The maximum absolute atomic E-state index is 6.32. The number of anilines is 2. The van der Waals surface area contributed by atoms with Gasteiger partial charge in [0, 0.05) is 31.8 Å². The molecule has 0 aromatic heterocycles. The fourth-order valence-electron chi connectivity index (χ4n) is 4.06. The summed E-state index contributed by atoms with van der Waals surface area (Å²) in [7, 11) is 4.37. The SMILES string of the molecule is CC1CCN(c2cc(C3(N(C)C)CCOCC3)ccc2N)CC1. The molecule has 1 aromatic rings. The molecule has 0 bridgehead atoms. The topological polar surface area (TPSA) is 41.7 Å². The summed E-state index contributed by atoms with van der Waals surface area (Å²) >= 11 is 0. The third-order valence-electron chi connectivity index (χ3n) is 5.87. The molecule has 4 heteroatoms. The van der Waals surface area contributed by atoms with Gasteiger partial charge in [-0.05, 0) is 63.4 Å². The number of nitrogen functional groups attached to an aromatic ring is 1. The molecule has 0 radical (unpaired) electrons. The minimum absolute atomic E-state index is 0.0732. The Kier molecular flexibility index (Phi) is 4.83. The van der Waals surface area contributed by atoms with Gasteiger partial charge in [-0.3, -0.25) is 4.90 Å². The van der Waals surface area contributed by atoms with Crippen molar-refractivity contribution in [1.82, 2.24) is 4.90 Å². The van der Waals surface area contributed by atoms with Crippen LogP contribution in [0, 0.1) is 5.92 Å². The third-order valence-corrected chi connectivity index (χ3v) is 5.87. The number of hydrogen-bond donors (Lipinski definition) is 1. The first kappa shape index (κ1) is 16.6. The molecule has 0 atom stereocenters. The van der Waals surface area contributed by atoms with E-state index in [9.17, 15) is 0 Å². The molecule has 2 N–H and O–H groups in total. The van der Waals surface area contributed by atoms with Crippen LogP contribution in [0.25, 0.3) is 0 Å². The summed E-state index contributed by atoms with van der Waals surface area (Å²) < 4.78 is 5.62. The predicted octanol–water partition coefficient (Wildman–Crippen LogP) is 3.07. The number of hydrogen-bond acceptors (Lipinski definition) is 4. The van der Waals surface area contributed by atoms with Crippen LogP contribution in [0.15, 0.2) is 18.2 Å². The highest BCUT2D eigenvalue weighted by atomic mass is 16.5. The quantitative estimate of drug-likeness (QED) is 0.870. The summed E-state index contributed by atoms with van der Waals surface area (Å²) in [5.41, 5.74) is 9.91. The summed E-state index contributed by atoms with van der Waals surface area (Å²) in [5.74, 6) is 0.833. The number of nitrogens with zero attached hydrogens (tertiary/aromatic N) is 2. The molecular weight excluding hydrogens is 286 g/mol. The molecule has 4 nitrogen and oxygen atoms in total. The zero-order valence-electron chi connectivity index (χ0n) is 14.8. The molecule has 0 spiro atoms. The maximum atomic E-state index is 6.32. The van der Waals surface area contributed by atoms with Crippen LogP contribution in [0.2, 0.25) is 0 Å². The summed E-state index contributed by atoms with van der Waals surface area (Å²) in [6, 6.07) is 6.66. The van der Waals surface area contributed by atoms with Crippen molar-refractivity contribution in [3.8, 4) is 0 Å². The molecule has 2 fully saturated rings. The molecule has 2 aliphatic rings. The normalized spacial score (nSPS) is 22.5. The first-order valence-electron chi connectivity index (χ1n) is 8.93. The second kappa shape index (κ2) is 6.70. The van der Waals surface area contributed by atoms with Gasteiger partial charge in [-0.25, -0.2) is 0 Å². The van der Waals surface area contributed by atoms with Crippen molar-refractivity contribution in [2.75, 3.05) is 51.0 Å². The van der Waals surface area contributed by atoms with Gasteiger partial charge in [-0.15, -0.1) is 0 Å². The molecule has 0 unspecified atom stereocenters. The minimum Gasteiger partial charge on any atom is -0.397 e. The molecule has 0 aliphatic carbocycles. The van der Waals surface area contributed by atoms with Crippen molar-refractivity contribution in [2.24, 2.45) is 5.92 Å². The van der Waals surface area contributed by atoms with E-state index in [1.54, 1.807) is 0 Å². The van der Waals surface area contributed by atoms with E-state index in [0.29, 0.717) is 0 Å². The molecular formula is C19H31N3O. The van der Waals surface area contributed by atoms with Gasteiger partial charge in [0.15, 0.2) is 0 Å². The number of nitrogens with two attached hydrogens (primary N) is 1. The summed E-state index contributed by atoms with van der Waals surface area (Å²) in [6.45, 7) is 6.25.